The summed E-state index contributed by atoms with van der Waals surface area (Å²) in [5, 5.41) is 6.54. The summed E-state index contributed by atoms with van der Waals surface area (Å²) in [4.78, 5) is 16.4. The standard InChI is InChI=1S/C15H23F2N5O2/c16-14(17)11-22-10-13(7-18-22)19-15(23)21-2-1-12(9-21)8-20-3-5-24-6-4-20/h7,10,12,14H,1-6,8-9,11H2,(H,19,23)/t12-/m1/s1. The number of anilines is 1. The third-order valence-corrected chi connectivity index (χ3v) is 4.40. The van der Waals surface area contributed by atoms with Crippen LogP contribution in [0.5, 0.6) is 0 Å². The minimum Gasteiger partial charge on any atom is -0.379 e. The van der Waals surface area contributed by atoms with Crippen LogP contribution in [0.2, 0.25) is 0 Å². The van der Waals surface area contributed by atoms with Gasteiger partial charge in [0.15, 0.2) is 0 Å². The fourth-order valence-electron chi connectivity index (χ4n) is 3.19. The first-order chi connectivity index (χ1) is 11.6. The van der Waals surface area contributed by atoms with E-state index in [0.717, 1.165) is 44.0 Å². The second-order valence-corrected chi connectivity index (χ2v) is 6.29. The number of alkyl halides is 2. The molecule has 1 aromatic rings. The third kappa shape index (κ3) is 4.64. The van der Waals surface area contributed by atoms with Crippen molar-refractivity contribution in [3.05, 3.63) is 12.4 Å². The van der Waals surface area contributed by atoms with E-state index in [1.807, 2.05) is 0 Å². The van der Waals surface area contributed by atoms with Crippen molar-refractivity contribution in [1.29, 1.82) is 0 Å². The Morgan fingerprint density at radius 3 is 2.92 bits per heavy atom. The summed E-state index contributed by atoms with van der Waals surface area (Å²) < 4.78 is 31.1. The zero-order chi connectivity index (χ0) is 16.9. The van der Waals surface area contributed by atoms with Gasteiger partial charge in [0.25, 0.3) is 6.43 Å². The molecule has 0 saturated carbocycles. The average Bonchev–Trinajstić information content (AvgIpc) is 3.17. The van der Waals surface area contributed by atoms with Crippen LogP contribution in [0.15, 0.2) is 12.4 Å². The first kappa shape index (κ1) is 17.1. The molecule has 1 N–H and O–H groups in total. The van der Waals surface area contributed by atoms with E-state index in [9.17, 15) is 13.6 Å². The Morgan fingerprint density at radius 1 is 1.38 bits per heavy atom. The molecule has 0 aliphatic carbocycles. The van der Waals surface area contributed by atoms with Crippen LogP contribution in [0.1, 0.15) is 6.42 Å². The van der Waals surface area contributed by atoms with Crippen LogP contribution in [0, 0.1) is 5.92 Å². The Labute approximate surface area is 139 Å². The molecule has 0 radical (unpaired) electrons. The summed E-state index contributed by atoms with van der Waals surface area (Å²) >= 11 is 0. The molecule has 2 fully saturated rings. The van der Waals surface area contributed by atoms with Gasteiger partial charge in [0.2, 0.25) is 0 Å². The van der Waals surface area contributed by atoms with Crippen molar-refractivity contribution in [2.24, 2.45) is 5.92 Å². The summed E-state index contributed by atoms with van der Waals surface area (Å²) in [6.07, 6.45) is 1.33. The summed E-state index contributed by atoms with van der Waals surface area (Å²) in [6.45, 7) is 5.40. The van der Waals surface area contributed by atoms with Crippen molar-refractivity contribution >= 4 is 11.7 Å². The number of hydrogen-bond acceptors (Lipinski definition) is 4. The maximum atomic E-state index is 12.3. The lowest BCUT2D eigenvalue weighted by molar-refractivity contribution is 0.0314. The van der Waals surface area contributed by atoms with E-state index >= 15 is 0 Å². The first-order valence-electron chi connectivity index (χ1n) is 8.27. The highest BCUT2D eigenvalue weighted by Crippen LogP contribution is 2.19. The highest BCUT2D eigenvalue weighted by atomic mass is 19.3. The lowest BCUT2D eigenvalue weighted by Crippen LogP contribution is -2.40. The first-order valence-corrected chi connectivity index (χ1v) is 8.27. The largest absolute Gasteiger partial charge is 0.379 e. The predicted molar refractivity (Wildman–Crippen MR) is 84.2 cm³/mol. The van der Waals surface area contributed by atoms with Crippen molar-refractivity contribution < 1.29 is 18.3 Å². The third-order valence-electron chi connectivity index (χ3n) is 4.40. The highest BCUT2D eigenvalue weighted by molar-refractivity contribution is 5.89. The number of carbonyl (C=O) groups excluding carboxylic acids is 1. The van der Waals surface area contributed by atoms with Crippen LogP contribution in [0.4, 0.5) is 19.3 Å². The molecule has 0 unspecified atom stereocenters. The molecule has 0 spiro atoms. The van der Waals surface area contributed by atoms with Gasteiger partial charge in [0.05, 0.1) is 25.1 Å². The van der Waals surface area contributed by atoms with E-state index in [2.05, 4.69) is 15.3 Å². The Kier molecular flexibility index (Phi) is 5.62. The van der Waals surface area contributed by atoms with Crippen LogP contribution in [0.3, 0.4) is 0 Å². The molecule has 0 bridgehead atoms. The van der Waals surface area contributed by atoms with Crippen LogP contribution in [-0.4, -0.2) is 78.0 Å². The summed E-state index contributed by atoms with van der Waals surface area (Å²) in [5.74, 6) is 0.468. The molecule has 1 atom stereocenters. The molecule has 2 amide bonds. The van der Waals surface area contributed by atoms with Gasteiger partial charge in [-0.05, 0) is 12.3 Å². The smallest absolute Gasteiger partial charge is 0.321 e. The van der Waals surface area contributed by atoms with Crippen LogP contribution < -0.4 is 5.32 Å². The number of urea groups is 1. The second-order valence-electron chi connectivity index (χ2n) is 6.29. The van der Waals surface area contributed by atoms with E-state index in [-0.39, 0.29) is 6.03 Å². The maximum Gasteiger partial charge on any atom is 0.321 e. The number of ether oxygens (including phenoxy) is 1. The van der Waals surface area contributed by atoms with Gasteiger partial charge in [0, 0.05) is 38.9 Å². The van der Waals surface area contributed by atoms with Crippen LogP contribution in [-0.2, 0) is 11.3 Å². The molecule has 3 rings (SSSR count). The van der Waals surface area contributed by atoms with Gasteiger partial charge in [0.1, 0.15) is 6.54 Å². The van der Waals surface area contributed by atoms with Crippen molar-refractivity contribution in [3.8, 4) is 0 Å². The van der Waals surface area contributed by atoms with E-state index in [0.29, 0.717) is 24.7 Å². The Balaban J connectivity index is 1.44. The van der Waals surface area contributed by atoms with Crippen LogP contribution >= 0.6 is 0 Å². The van der Waals surface area contributed by atoms with Crippen molar-refractivity contribution in [2.75, 3.05) is 51.3 Å². The monoisotopic (exact) mass is 343 g/mol. The lowest BCUT2D eigenvalue weighted by atomic mass is 10.1. The number of amides is 2. The van der Waals surface area contributed by atoms with Gasteiger partial charge in [-0.1, -0.05) is 0 Å². The van der Waals surface area contributed by atoms with Crippen molar-refractivity contribution in [2.45, 2.75) is 19.4 Å². The zero-order valence-electron chi connectivity index (χ0n) is 13.5. The molecule has 3 heterocycles. The Bertz CT molecular complexity index is 548. The number of morpholine rings is 1. The molecule has 24 heavy (non-hydrogen) atoms. The zero-order valence-corrected chi connectivity index (χ0v) is 13.5. The van der Waals surface area contributed by atoms with Crippen molar-refractivity contribution in [3.63, 3.8) is 0 Å². The van der Waals surface area contributed by atoms with Gasteiger partial charge in [-0.15, -0.1) is 0 Å². The SMILES string of the molecule is O=C(Nc1cnn(CC(F)F)c1)N1CC[C@H](CN2CCOCC2)C1. The number of rotatable bonds is 5. The number of likely N-dealkylation sites (tertiary alicyclic amines) is 1. The Hall–Kier alpha value is -1.74. The van der Waals surface area contributed by atoms with Gasteiger partial charge in [-0.3, -0.25) is 9.58 Å². The quantitative estimate of drug-likeness (QED) is 0.876. The number of carbonyl (C=O) groups is 1. The molecule has 1 aromatic heterocycles. The second kappa shape index (κ2) is 7.89. The van der Waals surface area contributed by atoms with E-state index in [1.165, 1.54) is 12.4 Å². The fraction of sp³-hybridized carbons (Fsp3) is 0.733. The van der Waals surface area contributed by atoms with Gasteiger partial charge < -0.3 is 15.0 Å². The molecule has 0 aromatic carbocycles. The maximum absolute atomic E-state index is 12.3. The molecular formula is C15H23F2N5O2. The van der Waals surface area contributed by atoms with E-state index < -0.39 is 13.0 Å². The molecule has 2 aliphatic rings. The topological polar surface area (TPSA) is 62.6 Å². The number of nitrogens with zero attached hydrogens (tertiary/aromatic N) is 4. The van der Waals surface area contributed by atoms with Gasteiger partial charge in [-0.2, -0.15) is 5.10 Å². The average molecular weight is 343 g/mol. The Morgan fingerprint density at radius 2 is 2.17 bits per heavy atom. The van der Waals surface area contributed by atoms with E-state index in [1.54, 1.807) is 4.90 Å². The van der Waals surface area contributed by atoms with E-state index in [4.69, 9.17) is 4.74 Å². The van der Waals surface area contributed by atoms with Gasteiger partial charge >= 0.3 is 6.03 Å². The van der Waals surface area contributed by atoms with Gasteiger partial charge in [-0.25, -0.2) is 13.6 Å². The van der Waals surface area contributed by atoms with Crippen molar-refractivity contribution in [1.82, 2.24) is 19.6 Å². The number of hydrogen-bond donors (Lipinski definition) is 1. The molecular weight excluding hydrogens is 320 g/mol. The predicted octanol–water partition coefficient (Wildman–Crippen LogP) is 1.33. The molecule has 2 aliphatic heterocycles. The normalized spacial score (nSPS) is 22.3. The van der Waals surface area contributed by atoms with Crippen LogP contribution in [0.25, 0.3) is 0 Å². The minimum absolute atomic E-state index is 0.198. The molecule has 134 valence electrons. The molecule has 9 heteroatoms. The fourth-order valence-corrected chi connectivity index (χ4v) is 3.19. The lowest BCUT2D eigenvalue weighted by Gasteiger charge is -2.29. The molecule has 7 nitrogen and oxygen atoms in total. The number of nitrogens with one attached hydrogen (secondary N) is 1. The molecule has 2 saturated heterocycles. The number of halogens is 2. The highest BCUT2D eigenvalue weighted by Gasteiger charge is 2.28. The summed E-state index contributed by atoms with van der Waals surface area (Å²) in [7, 11) is 0. The summed E-state index contributed by atoms with van der Waals surface area (Å²) in [6, 6.07) is -0.198. The minimum atomic E-state index is -2.46. The summed E-state index contributed by atoms with van der Waals surface area (Å²) in [5.41, 5.74) is 0.442. The number of aromatic nitrogens is 2.